The summed E-state index contributed by atoms with van der Waals surface area (Å²) in [4.78, 5) is 16.2. The minimum absolute atomic E-state index is 0.193. The minimum Gasteiger partial charge on any atom is -0.478 e. The highest BCUT2D eigenvalue weighted by molar-refractivity contribution is 7.99. The molecule has 0 radical (unpaired) electrons. The molecular formula is C14H12ClNO2S. The van der Waals surface area contributed by atoms with E-state index in [1.165, 1.54) is 17.8 Å². The predicted octanol–water partition coefficient (Wildman–Crippen LogP) is 4.20. The number of carbonyl (C=O) groups is 1. The van der Waals surface area contributed by atoms with Gasteiger partial charge in [0.15, 0.2) is 0 Å². The maximum Gasteiger partial charge on any atom is 0.336 e. The van der Waals surface area contributed by atoms with Gasteiger partial charge in [-0.3, -0.25) is 0 Å². The zero-order chi connectivity index (χ0) is 14.0. The number of carboxylic acids is 1. The molecule has 2 rings (SSSR count). The van der Waals surface area contributed by atoms with E-state index in [1.54, 1.807) is 12.1 Å². The van der Waals surface area contributed by atoms with E-state index < -0.39 is 5.97 Å². The Hall–Kier alpha value is -1.52. The normalized spacial score (nSPS) is 10.5. The van der Waals surface area contributed by atoms with Gasteiger partial charge in [-0.1, -0.05) is 23.4 Å². The molecule has 0 spiro atoms. The van der Waals surface area contributed by atoms with E-state index in [-0.39, 0.29) is 5.56 Å². The number of aromatic nitrogens is 1. The Labute approximate surface area is 120 Å². The lowest BCUT2D eigenvalue weighted by Crippen LogP contribution is -1.99. The van der Waals surface area contributed by atoms with Gasteiger partial charge in [0.25, 0.3) is 0 Å². The average molecular weight is 294 g/mol. The molecule has 0 amide bonds. The number of hydrogen-bond acceptors (Lipinski definition) is 3. The van der Waals surface area contributed by atoms with Gasteiger partial charge in [0.2, 0.25) is 0 Å². The summed E-state index contributed by atoms with van der Waals surface area (Å²) in [6.07, 6.45) is 0. The number of aryl methyl sites for hydroxylation is 2. The molecule has 0 unspecified atom stereocenters. The number of nitrogens with zero attached hydrogens (tertiary/aromatic N) is 1. The second kappa shape index (κ2) is 5.63. The van der Waals surface area contributed by atoms with E-state index in [0.29, 0.717) is 9.92 Å². The molecule has 3 nitrogen and oxygen atoms in total. The zero-order valence-corrected chi connectivity index (χ0v) is 12.0. The smallest absolute Gasteiger partial charge is 0.336 e. The van der Waals surface area contributed by atoms with Crippen LogP contribution < -0.4 is 0 Å². The Kier molecular flexibility index (Phi) is 4.12. The summed E-state index contributed by atoms with van der Waals surface area (Å²) in [5, 5.41) is 10.4. The number of halogens is 1. The second-order valence-electron chi connectivity index (χ2n) is 4.17. The highest BCUT2D eigenvalue weighted by Crippen LogP contribution is 2.31. The largest absolute Gasteiger partial charge is 0.478 e. The summed E-state index contributed by atoms with van der Waals surface area (Å²) >= 11 is 7.16. The van der Waals surface area contributed by atoms with Crippen LogP contribution in [0.3, 0.4) is 0 Å². The first-order chi connectivity index (χ1) is 8.95. The van der Waals surface area contributed by atoms with Crippen molar-refractivity contribution in [2.45, 2.75) is 23.8 Å². The maximum absolute atomic E-state index is 11.2. The van der Waals surface area contributed by atoms with Gasteiger partial charge in [-0.15, -0.1) is 0 Å². The average Bonchev–Trinajstić information content (AvgIpc) is 2.30. The molecule has 0 aliphatic carbocycles. The third-order valence-electron chi connectivity index (χ3n) is 2.46. The molecule has 98 valence electrons. The first kappa shape index (κ1) is 13.9. The van der Waals surface area contributed by atoms with E-state index >= 15 is 0 Å². The number of rotatable bonds is 3. The van der Waals surface area contributed by atoms with Crippen molar-refractivity contribution >= 4 is 29.3 Å². The van der Waals surface area contributed by atoms with Gasteiger partial charge >= 0.3 is 5.97 Å². The van der Waals surface area contributed by atoms with Crippen molar-refractivity contribution in [3.63, 3.8) is 0 Å². The Morgan fingerprint density at radius 1 is 1.26 bits per heavy atom. The topological polar surface area (TPSA) is 50.2 Å². The van der Waals surface area contributed by atoms with Crippen molar-refractivity contribution in [1.82, 2.24) is 4.98 Å². The van der Waals surface area contributed by atoms with E-state index in [0.717, 1.165) is 16.3 Å². The molecule has 0 bridgehead atoms. The van der Waals surface area contributed by atoms with Crippen LogP contribution in [0.4, 0.5) is 0 Å². The monoisotopic (exact) mass is 293 g/mol. The van der Waals surface area contributed by atoms with Gasteiger partial charge in [-0.2, -0.15) is 0 Å². The second-order valence-corrected chi connectivity index (χ2v) is 5.67. The summed E-state index contributed by atoms with van der Waals surface area (Å²) in [5.41, 5.74) is 2.20. The summed E-state index contributed by atoms with van der Waals surface area (Å²) in [7, 11) is 0. The molecule has 0 saturated carbocycles. The van der Waals surface area contributed by atoms with Crippen LogP contribution in [-0.4, -0.2) is 16.1 Å². The van der Waals surface area contributed by atoms with Crippen LogP contribution in [0.1, 0.15) is 21.6 Å². The van der Waals surface area contributed by atoms with Gasteiger partial charge in [-0.05, 0) is 49.7 Å². The zero-order valence-electron chi connectivity index (χ0n) is 10.5. The maximum atomic E-state index is 11.2. The lowest BCUT2D eigenvalue weighted by atomic mass is 10.2. The van der Waals surface area contributed by atoms with Gasteiger partial charge in [-0.25, -0.2) is 9.78 Å². The van der Waals surface area contributed by atoms with Crippen LogP contribution in [0.5, 0.6) is 0 Å². The van der Waals surface area contributed by atoms with Crippen molar-refractivity contribution in [3.8, 4) is 0 Å². The first-order valence-corrected chi connectivity index (χ1v) is 6.81. The van der Waals surface area contributed by atoms with E-state index in [2.05, 4.69) is 4.98 Å². The Balaban J connectivity index is 2.40. The van der Waals surface area contributed by atoms with Crippen molar-refractivity contribution in [2.24, 2.45) is 0 Å². The molecule has 19 heavy (non-hydrogen) atoms. The fourth-order valence-electron chi connectivity index (χ4n) is 1.73. The molecule has 1 heterocycles. The Morgan fingerprint density at radius 2 is 2.00 bits per heavy atom. The molecule has 0 atom stereocenters. The van der Waals surface area contributed by atoms with Crippen molar-refractivity contribution < 1.29 is 9.90 Å². The molecule has 0 aliphatic heterocycles. The number of hydrogen-bond donors (Lipinski definition) is 1. The lowest BCUT2D eigenvalue weighted by molar-refractivity contribution is 0.0693. The minimum atomic E-state index is -0.991. The number of pyridine rings is 1. The third kappa shape index (κ3) is 3.49. The number of carboxylic acid groups (broad SMARTS) is 1. The molecule has 5 heteroatoms. The van der Waals surface area contributed by atoms with Gasteiger partial charge in [0.1, 0.15) is 5.03 Å². The van der Waals surface area contributed by atoms with Gasteiger partial charge < -0.3 is 5.11 Å². The van der Waals surface area contributed by atoms with Crippen LogP contribution in [0.25, 0.3) is 0 Å². The molecule has 1 N–H and O–H groups in total. The Morgan fingerprint density at radius 3 is 2.63 bits per heavy atom. The lowest BCUT2D eigenvalue weighted by Gasteiger charge is -2.07. The van der Waals surface area contributed by atoms with Crippen molar-refractivity contribution in [1.29, 1.82) is 0 Å². The Bertz CT molecular complexity index is 623. The summed E-state index contributed by atoms with van der Waals surface area (Å²) in [6, 6.07) is 8.74. The molecule has 1 aromatic heterocycles. The molecular weight excluding hydrogens is 282 g/mol. The van der Waals surface area contributed by atoms with Gasteiger partial charge in [0, 0.05) is 15.6 Å². The van der Waals surface area contributed by atoms with Crippen LogP contribution >= 0.6 is 23.4 Å². The van der Waals surface area contributed by atoms with Crippen LogP contribution in [-0.2, 0) is 0 Å². The molecule has 2 aromatic rings. The summed E-state index contributed by atoms with van der Waals surface area (Å²) in [6.45, 7) is 3.90. The highest BCUT2D eigenvalue weighted by atomic mass is 35.5. The van der Waals surface area contributed by atoms with Gasteiger partial charge in [0.05, 0.1) is 5.56 Å². The van der Waals surface area contributed by atoms with Crippen LogP contribution in [0, 0.1) is 13.8 Å². The number of aromatic carboxylic acids is 1. The SMILES string of the molecule is Cc1cc(C)nc(Sc2ccc(Cl)cc2C(=O)O)c1. The van der Waals surface area contributed by atoms with E-state index in [4.69, 9.17) is 11.6 Å². The molecule has 0 saturated heterocycles. The highest BCUT2D eigenvalue weighted by Gasteiger charge is 2.12. The fourth-order valence-corrected chi connectivity index (χ4v) is 2.95. The summed E-state index contributed by atoms with van der Waals surface area (Å²) < 4.78 is 0. The standard InChI is InChI=1S/C14H12ClNO2S/c1-8-5-9(2)16-13(6-8)19-12-4-3-10(15)7-11(12)14(17)18/h3-7H,1-2H3,(H,17,18). The fraction of sp³-hybridized carbons (Fsp3) is 0.143. The third-order valence-corrected chi connectivity index (χ3v) is 3.69. The summed E-state index contributed by atoms with van der Waals surface area (Å²) in [5.74, 6) is -0.991. The molecule has 1 aromatic carbocycles. The molecule has 0 aliphatic rings. The van der Waals surface area contributed by atoms with Crippen molar-refractivity contribution in [3.05, 3.63) is 52.2 Å². The van der Waals surface area contributed by atoms with E-state index in [1.807, 2.05) is 26.0 Å². The van der Waals surface area contributed by atoms with E-state index in [9.17, 15) is 9.90 Å². The predicted molar refractivity (Wildman–Crippen MR) is 76.2 cm³/mol. The van der Waals surface area contributed by atoms with Crippen LogP contribution in [0.15, 0.2) is 40.3 Å². The quantitative estimate of drug-likeness (QED) is 0.921. The van der Waals surface area contributed by atoms with Crippen molar-refractivity contribution in [2.75, 3.05) is 0 Å². The van der Waals surface area contributed by atoms with Crippen LogP contribution in [0.2, 0.25) is 5.02 Å². The molecule has 0 fully saturated rings. The first-order valence-electron chi connectivity index (χ1n) is 5.61. The number of benzene rings is 1.